The molecule has 0 aliphatic heterocycles. The van der Waals surface area contributed by atoms with Crippen LogP contribution < -0.4 is 5.73 Å². The normalized spacial score (nSPS) is 12.2. The molecule has 0 fully saturated rings. The van der Waals surface area contributed by atoms with E-state index in [1.807, 2.05) is 18.4 Å². The van der Waals surface area contributed by atoms with Gasteiger partial charge in [0.05, 0.1) is 23.2 Å². The molecular formula is C12H16FN3O. The van der Waals surface area contributed by atoms with Gasteiger partial charge in [-0.05, 0) is 26.0 Å². The van der Waals surface area contributed by atoms with Crippen LogP contribution in [0.25, 0.3) is 11.0 Å². The number of anilines is 1. The van der Waals surface area contributed by atoms with E-state index in [0.29, 0.717) is 18.0 Å². The minimum atomic E-state index is -0.351. The molecule has 4 nitrogen and oxygen atoms in total. The van der Waals surface area contributed by atoms with Crippen LogP contribution in [0.15, 0.2) is 18.2 Å². The van der Waals surface area contributed by atoms with Gasteiger partial charge in [0.15, 0.2) is 0 Å². The van der Waals surface area contributed by atoms with Gasteiger partial charge in [0.2, 0.25) is 5.95 Å². The van der Waals surface area contributed by atoms with E-state index in [1.165, 1.54) is 12.1 Å². The number of benzene rings is 1. The summed E-state index contributed by atoms with van der Waals surface area (Å²) in [5, 5.41) is 0. The molecule has 1 aromatic heterocycles. The highest BCUT2D eigenvalue weighted by molar-refractivity contribution is 5.78. The summed E-state index contributed by atoms with van der Waals surface area (Å²) in [6, 6.07) is 4.46. The summed E-state index contributed by atoms with van der Waals surface area (Å²) < 4.78 is 20.3. The minimum Gasteiger partial charge on any atom is -0.377 e. The Morgan fingerprint density at radius 1 is 1.47 bits per heavy atom. The molecule has 2 N–H and O–H groups in total. The molecule has 0 radical (unpaired) electrons. The lowest BCUT2D eigenvalue weighted by molar-refractivity contribution is 0.00947. The summed E-state index contributed by atoms with van der Waals surface area (Å²) in [7, 11) is 1.65. The van der Waals surface area contributed by atoms with Crippen molar-refractivity contribution in [2.24, 2.45) is 0 Å². The second-order valence-corrected chi connectivity index (χ2v) is 4.65. The number of fused-ring (bicyclic) bond motifs is 1. The predicted molar refractivity (Wildman–Crippen MR) is 65.2 cm³/mol. The lowest BCUT2D eigenvalue weighted by atomic mass is 10.1. The first-order valence-electron chi connectivity index (χ1n) is 5.39. The first kappa shape index (κ1) is 11.9. The van der Waals surface area contributed by atoms with Crippen molar-refractivity contribution in [3.8, 4) is 0 Å². The lowest BCUT2D eigenvalue weighted by Crippen LogP contribution is -2.29. The third-order valence-corrected chi connectivity index (χ3v) is 2.83. The zero-order valence-electron chi connectivity index (χ0n) is 10.2. The molecule has 0 unspecified atom stereocenters. The molecule has 0 aliphatic rings. The van der Waals surface area contributed by atoms with E-state index in [9.17, 15) is 4.39 Å². The number of hydrogen-bond donors (Lipinski definition) is 1. The van der Waals surface area contributed by atoms with Crippen LogP contribution in [0.1, 0.15) is 13.8 Å². The molecule has 0 saturated heterocycles. The standard InChI is InChI=1S/C12H16FN3O/c1-12(2,17-3)7-16-10-5-4-8(13)6-9(10)15-11(16)14/h4-6H,7H2,1-3H3,(H2,14,15). The maximum absolute atomic E-state index is 13.1. The Labute approximate surface area is 99.2 Å². The summed E-state index contributed by atoms with van der Waals surface area (Å²) in [6.07, 6.45) is 0. The van der Waals surface area contributed by atoms with Crippen molar-refractivity contribution in [1.29, 1.82) is 0 Å². The van der Waals surface area contributed by atoms with Crippen molar-refractivity contribution in [2.75, 3.05) is 12.8 Å². The Balaban J connectivity index is 2.50. The van der Waals surface area contributed by atoms with Gasteiger partial charge in [0.25, 0.3) is 0 Å². The van der Waals surface area contributed by atoms with Gasteiger partial charge in [-0.15, -0.1) is 0 Å². The fourth-order valence-electron chi connectivity index (χ4n) is 1.73. The number of aromatic nitrogens is 2. The highest BCUT2D eigenvalue weighted by Gasteiger charge is 2.20. The van der Waals surface area contributed by atoms with Crippen LogP contribution in [0.3, 0.4) is 0 Å². The molecule has 0 amide bonds. The van der Waals surface area contributed by atoms with Crippen LogP contribution in [0.5, 0.6) is 0 Å². The molecule has 2 aromatic rings. The second-order valence-electron chi connectivity index (χ2n) is 4.65. The van der Waals surface area contributed by atoms with Gasteiger partial charge >= 0.3 is 0 Å². The highest BCUT2D eigenvalue weighted by atomic mass is 19.1. The Hall–Kier alpha value is -1.62. The number of nitrogens with zero attached hydrogens (tertiary/aromatic N) is 2. The van der Waals surface area contributed by atoms with Crippen LogP contribution in [0.4, 0.5) is 10.3 Å². The fraction of sp³-hybridized carbons (Fsp3) is 0.417. The maximum Gasteiger partial charge on any atom is 0.201 e. The molecule has 17 heavy (non-hydrogen) atoms. The molecule has 0 atom stereocenters. The molecule has 92 valence electrons. The zero-order chi connectivity index (χ0) is 12.6. The zero-order valence-corrected chi connectivity index (χ0v) is 10.2. The van der Waals surface area contributed by atoms with E-state index in [1.54, 1.807) is 13.2 Å². The average molecular weight is 237 g/mol. The third-order valence-electron chi connectivity index (χ3n) is 2.83. The number of halogens is 1. The molecular weight excluding hydrogens is 221 g/mol. The van der Waals surface area contributed by atoms with E-state index >= 15 is 0 Å². The molecule has 1 aromatic carbocycles. The van der Waals surface area contributed by atoms with Crippen LogP contribution in [-0.2, 0) is 11.3 Å². The number of imidazole rings is 1. The lowest BCUT2D eigenvalue weighted by Gasteiger charge is -2.24. The molecule has 5 heteroatoms. The van der Waals surface area contributed by atoms with Gasteiger partial charge in [0, 0.05) is 13.2 Å². The Morgan fingerprint density at radius 3 is 2.82 bits per heavy atom. The van der Waals surface area contributed by atoms with Crippen molar-refractivity contribution in [2.45, 2.75) is 26.0 Å². The van der Waals surface area contributed by atoms with E-state index in [4.69, 9.17) is 10.5 Å². The summed E-state index contributed by atoms with van der Waals surface area (Å²) in [6.45, 7) is 4.49. The SMILES string of the molecule is COC(C)(C)Cn1c(N)nc2cc(F)ccc21. The second kappa shape index (κ2) is 4.00. The molecule has 0 bridgehead atoms. The van der Waals surface area contributed by atoms with Crippen molar-refractivity contribution in [3.05, 3.63) is 24.0 Å². The number of ether oxygens (including phenoxy) is 1. The fourth-order valence-corrected chi connectivity index (χ4v) is 1.73. The van der Waals surface area contributed by atoms with E-state index < -0.39 is 0 Å². The quantitative estimate of drug-likeness (QED) is 0.890. The first-order chi connectivity index (χ1) is 7.93. The topological polar surface area (TPSA) is 53.1 Å². The van der Waals surface area contributed by atoms with Gasteiger partial charge in [-0.2, -0.15) is 0 Å². The summed E-state index contributed by atoms with van der Waals surface area (Å²) in [5.74, 6) is 0.0591. The number of nitrogen functional groups attached to an aromatic ring is 1. The number of hydrogen-bond acceptors (Lipinski definition) is 3. The van der Waals surface area contributed by atoms with E-state index in [-0.39, 0.29) is 11.4 Å². The smallest absolute Gasteiger partial charge is 0.201 e. The van der Waals surface area contributed by atoms with Crippen LogP contribution in [0, 0.1) is 5.82 Å². The van der Waals surface area contributed by atoms with Crippen LogP contribution in [0.2, 0.25) is 0 Å². The Morgan fingerprint density at radius 2 is 2.18 bits per heavy atom. The van der Waals surface area contributed by atoms with Crippen molar-refractivity contribution in [3.63, 3.8) is 0 Å². The van der Waals surface area contributed by atoms with Gasteiger partial charge < -0.3 is 15.0 Å². The Bertz CT molecular complexity index is 548. The monoisotopic (exact) mass is 237 g/mol. The largest absolute Gasteiger partial charge is 0.377 e. The summed E-state index contributed by atoms with van der Waals surface area (Å²) in [5.41, 5.74) is 6.87. The van der Waals surface area contributed by atoms with Gasteiger partial charge in [-0.1, -0.05) is 0 Å². The van der Waals surface area contributed by atoms with E-state index in [0.717, 1.165) is 5.52 Å². The summed E-state index contributed by atoms with van der Waals surface area (Å²) >= 11 is 0. The number of nitrogens with two attached hydrogens (primary N) is 1. The third kappa shape index (κ3) is 2.24. The number of rotatable bonds is 3. The Kier molecular flexibility index (Phi) is 2.79. The minimum absolute atomic E-state index is 0.312. The van der Waals surface area contributed by atoms with Crippen molar-refractivity contribution < 1.29 is 9.13 Å². The molecule has 1 heterocycles. The maximum atomic E-state index is 13.1. The number of methoxy groups -OCH3 is 1. The summed E-state index contributed by atoms with van der Waals surface area (Å²) in [4.78, 5) is 4.14. The van der Waals surface area contributed by atoms with Gasteiger partial charge in [-0.3, -0.25) is 0 Å². The molecule has 0 saturated carbocycles. The van der Waals surface area contributed by atoms with Crippen molar-refractivity contribution >= 4 is 17.0 Å². The van der Waals surface area contributed by atoms with Gasteiger partial charge in [0.1, 0.15) is 5.82 Å². The average Bonchev–Trinajstić information content (AvgIpc) is 2.54. The highest BCUT2D eigenvalue weighted by Crippen LogP contribution is 2.22. The van der Waals surface area contributed by atoms with Gasteiger partial charge in [-0.25, -0.2) is 9.37 Å². The van der Waals surface area contributed by atoms with Crippen LogP contribution >= 0.6 is 0 Å². The van der Waals surface area contributed by atoms with Crippen LogP contribution in [-0.4, -0.2) is 22.3 Å². The first-order valence-corrected chi connectivity index (χ1v) is 5.39. The predicted octanol–water partition coefficient (Wildman–Crippen LogP) is 2.18. The van der Waals surface area contributed by atoms with E-state index in [2.05, 4.69) is 4.98 Å². The molecule has 0 aliphatic carbocycles. The molecule has 0 spiro atoms. The molecule has 2 rings (SSSR count). The van der Waals surface area contributed by atoms with Crippen molar-refractivity contribution in [1.82, 2.24) is 9.55 Å².